The SMILES string of the molecule is CC1=C(C(=O)N(C)c2ccccc2)C(c2ccc(Br)cc2Oc2cc(Cl)cc(Cl)c2)NC(=O)N1C1CC1. The van der Waals surface area contributed by atoms with Crippen molar-refractivity contribution in [1.29, 1.82) is 0 Å². The molecule has 0 aromatic heterocycles. The molecular formula is C28H24BrCl2N3O3. The van der Waals surface area contributed by atoms with Gasteiger partial charge in [0.2, 0.25) is 0 Å². The minimum atomic E-state index is -0.737. The summed E-state index contributed by atoms with van der Waals surface area (Å²) < 4.78 is 7.00. The molecule has 0 spiro atoms. The van der Waals surface area contributed by atoms with Crippen LogP contribution in [0.2, 0.25) is 10.0 Å². The number of urea groups is 1. The maximum Gasteiger partial charge on any atom is 0.322 e. The molecule has 3 aromatic carbocycles. The molecule has 9 heteroatoms. The Morgan fingerprint density at radius 3 is 2.38 bits per heavy atom. The van der Waals surface area contributed by atoms with Gasteiger partial charge in [-0.25, -0.2) is 4.79 Å². The van der Waals surface area contributed by atoms with Crippen molar-refractivity contribution in [2.75, 3.05) is 11.9 Å². The zero-order valence-electron chi connectivity index (χ0n) is 20.2. The Balaban J connectivity index is 1.61. The molecule has 2 aliphatic rings. The van der Waals surface area contributed by atoms with Gasteiger partial charge in [0.05, 0.1) is 11.6 Å². The Morgan fingerprint density at radius 2 is 1.73 bits per heavy atom. The van der Waals surface area contributed by atoms with E-state index in [0.29, 0.717) is 38.4 Å². The van der Waals surface area contributed by atoms with E-state index in [2.05, 4.69) is 21.2 Å². The highest BCUT2D eigenvalue weighted by Crippen LogP contribution is 2.42. The first-order valence-corrected chi connectivity index (χ1v) is 13.3. The van der Waals surface area contributed by atoms with Crippen LogP contribution in [0, 0.1) is 0 Å². The topological polar surface area (TPSA) is 61.9 Å². The Bertz CT molecular complexity index is 1390. The fourth-order valence-electron chi connectivity index (χ4n) is 4.54. The number of likely N-dealkylation sites (N-methyl/N-ethyl adjacent to an activating group) is 1. The molecule has 1 unspecified atom stereocenters. The maximum absolute atomic E-state index is 14.0. The van der Waals surface area contributed by atoms with Gasteiger partial charge in [0.25, 0.3) is 5.91 Å². The number of nitrogens with one attached hydrogen (secondary N) is 1. The summed E-state index contributed by atoms with van der Waals surface area (Å²) >= 11 is 15.9. The third kappa shape index (κ3) is 5.35. The van der Waals surface area contributed by atoms with Crippen molar-refractivity contribution in [2.24, 2.45) is 0 Å². The average Bonchev–Trinajstić information content (AvgIpc) is 3.68. The maximum atomic E-state index is 14.0. The van der Waals surface area contributed by atoms with Crippen LogP contribution in [0.25, 0.3) is 0 Å². The van der Waals surface area contributed by atoms with Crippen LogP contribution in [0.1, 0.15) is 31.4 Å². The molecule has 1 N–H and O–H groups in total. The Morgan fingerprint density at radius 1 is 1.05 bits per heavy atom. The molecule has 3 aromatic rings. The van der Waals surface area contributed by atoms with Gasteiger partial charge in [-0.05, 0) is 62.2 Å². The van der Waals surface area contributed by atoms with Crippen LogP contribution in [0.3, 0.4) is 0 Å². The monoisotopic (exact) mass is 599 g/mol. The fourth-order valence-corrected chi connectivity index (χ4v) is 5.39. The molecular weight excluding hydrogens is 577 g/mol. The highest BCUT2D eigenvalue weighted by molar-refractivity contribution is 9.10. The number of benzene rings is 3. The number of para-hydroxylation sites is 1. The smallest absolute Gasteiger partial charge is 0.322 e. The van der Waals surface area contributed by atoms with Crippen molar-refractivity contribution in [2.45, 2.75) is 31.8 Å². The number of ether oxygens (including phenoxy) is 1. The van der Waals surface area contributed by atoms with Crippen LogP contribution in [0.5, 0.6) is 11.5 Å². The second-order valence-corrected chi connectivity index (χ2v) is 10.9. The number of carbonyl (C=O) groups excluding carboxylic acids is 2. The number of anilines is 1. The van der Waals surface area contributed by atoms with Crippen LogP contribution < -0.4 is 15.0 Å². The van der Waals surface area contributed by atoms with Crippen molar-refractivity contribution >= 4 is 56.8 Å². The number of nitrogens with zero attached hydrogens (tertiary/aromatic N) is 2. The largest absolute Gasteiger partial charge is 0.457 e. The van der Waals surface area contributed by atoms with Gasteiger partial charge in [-0.2, -0.15) is 0 Å². The molecule has 0 radical (unpaired) electrons. The second-order valence-electron chi connectivity index (χ2n) is 9.07. The Hall–Kier alpha value is -3.00. The molecule has 6 nitrogen and oxygen atoms in total. The molecule has 1 aliphatic carbocycles. The number of halogens is 3. The van der Waals surface area contributed by atoms with Crippen molar-refractivity contribution in [3.63, 3.8) is 0 Å². The number of hydrogen-bond donors (Lipinski definition) is 1. The Kier molecular flexibility index (Phi) is 7.21. The van der Waals surface area contributed by atoms with Gasteiger partial charge in [-0.15, -0.1) is 0 Å². The lowest BCUT2D eigenvalue weighted by molar-refractivity contribution is -0.115. The van der Waals surface area contributed by atoms with Gasteiger partial charge in [-0.1, -0.05) is 63.4 Å². The molecule has 190 valence electrons. The Labute approximate surface area is 233 Å². The minimum Gasteiger partial charge on any atom is -0.457 e. The number of carbonyl (C=O) groups is 2. The summed E-state index contributed by atoms with van der Waals surface area (Å²) in [7, 11) is 1.74. The minimum absolute atomic E-state index is 0.0972. The van der Waals surface area contributed by atoms with E-state index >= 15 is 0 Å². The molecule has 3 amide bonds. The van der Waals surface area contributed by atoms with Gasteiger partial charge in [0, 0.05) is 44.6 Å². The van der Waals surface area contributed by atoms with Crippen LogP contribution in [0.4, 0.5) is 10.5 Å². The highest BCUT2D eigenvalue weighted by Gasteiger charge is 2.43. The molecule has 5 rings (SSSR count). The lowest BCUT2D eigenvalue weighted by Gasteiger charge is -2.37. The summed E-state index contributed by atoms with van der Waals surface area (Å²) in [5.41, 5.74) is 2.51. The number of allylic oxidation sites excluding steroid dienone is 1. The normalized spacial score (nSPS) is 17.5. The van der Waals surface area contributed by atoms with Gasteiger partial charge >= 0.3 is 6.03 Å². The van der Waals surface area contributed by atoms with E-state index in [9.17, 15) is 9.59 Å². The second kappa shape index (κ2) is 10.4. The zero-order chi connectivity index (χ0) is 26.3. The van der Waals surface area contributed by atoms with E-state index in [0.717, 1.165) is 23.0 Å². The highest BCUT2D eigenvalue weighted by atomic mass is 79.9. The summed E-state index contributed by atoms with van der Waals surface area (Å²) in [5, 5.41) is 3.94. The first kappa shape index (κ1) is 25.6. The van der Waals surface area contributed by atoms with Crippen molar-refractivity contribution < 1.29 is 14.3 Å². The lowest BCUT2D eigenvalue weighted by atomic mass is 9.92. The zero-order valence-corrected chi connectivity index (χ0v) is 23.3. The summed E-state index contributed by atoms with van der Waals surface area (Å²) in [6, 6.07) is 19.0. The fraction of sp³-hybridized carbons (Fsp3) is 0.214. The van der Waals surface area contributed by atoms with Gasteiger partial charge < -0.3 is 15.0 Å². The van der Waals surface area contributed by atoms with Crippen LogP contribution in [-0.2, 0) is 4.79 Å². The third-order valence-corrected chi connectivity index (χ3v) is 7.40. The van der Waals surface area contributed by atoms with Crippen LogP contribution in [0.15, 0.2) is 82.5 Å². The van der Waals surface area contributed by atoms with Crippen molar-refractivity contribution in [3.05, 3.63) is 98.1 Å². The van der Waals surface area contributed by atoms with E-state index < -0.39 is 6.04 Å². The predicted octanol–water partition coefficient (Wildman–Crippen LogP) is 7.71. The van der Waals surface area contributed by atoms with E-state index in [4.69, 9.17) is 27.9 Å². The third-order valence-electron chi connectivity index (χ3n) is 6.47. The molecule has 1 aliphatic heterocycles. The summed E-state index contributed by atoms with van der Waals surface area (Å²) in [5.74, 6) is 0.686. The molecule has 1 saturated carbocycles. The molecule has 1 atom stereocenters. The lowest BCUT2D eigenvalue weighted by Crippen LogP contribution is -2.50. The van der Waals surface area contributed by atoms with E-state index in [1.807, 2.05) is 49.4 Å². The molecule has 0 saturated heterocycles. The van der Waals surface area contributed by atoms with Crippen LogP contribution in [-0.4, -0.2) is 29.9 Å². The standard InChI is InChI=1S/C28H24BrCl2N3O3/c1-16-25(27(35)33(2)20-6-4-3-5-7-20)26(32-28(36)34(16)21-9-10-21)23-11-8-17(29)12-24(23)37-22-14-18(30)13-19(31)15-22/h3-8,11-15,21,26H,9-10H2,1-2H3,(H,32,36). The summed E-state index contributed by atoms with van der Waals surface area (Å²) in [6.45, 7) is 1.84. The first-order chi connectivity index (χ1) is 17.7. The number of hydrogen-bond acceptors (Lipinski definition) is 3. The van der Waals surface area contributed by atoms with Gasteiger partial charge in [0.1, 0.15) is 11.5 Å². The first-order valence-electron chi connectivity index (χ1n) is 11.8. The molecule has 1 heterocycles. The summed E-state index contributed by atoms with van der Waals surface area (Å²) in [6.07, 6.45) is 1.82. The number of rotatable bonds is 6. The molecule has 1 fully saturated rings. The number of amides is 3. The average molecular weight is 601 g/mol. The molecule has 37 heavy (non-hydrogen) atoms. The van der Waals surface area contributed by atoms with Crippen LogP contribution >= 0.6 is 39.1 Å². The van der Waals surface area contributed by atoms with Gasteiger partial charge in [-0.3, -0.25) is 9.69 Å². The molecule has 0 bridgehead atoms. The predicted molar refractivity (Wildman–Crippen MR) is 149 cm³/mol. The van der Waals surface area contributed by atoms with E-state index in [-0.39, 0.29) is 18.0 Å². The van der Waals surface area contributed by atoms with Gasteiger partial charge in [0.15, 0.2) is 0 Å². The van der Waals surface area contributed by atoms with E-state index in [1.54, 1.807) is 41.1 Å². The van der Waals surface area contributed by atoms with Crippen molar-refractivity contribution in [3.8, 4) is 11.5 Å². The van der Waals surface area contributed by atoms with E-state index in [1.165, 1.54) is 0 Å². The quantitative estimate of drug-likeness (QED) is 0.315. The summed E-state index contributed by atoms with van der Waals surface area (Å²) in [4.78, 5) is 30.6. The van der Waals surface area contributed by atoms with Crippen molar-refractivity contribution in [1.82, 2.24) is 10.2 Å².